The van der Waals surface area contributed by atoms with Crippen molar-refractivity contribution in [2.45, 2.75) is 6.92 Å². The van der Waals surface area contributed by atoms with Gasteiger partial charge < -0.3 is 10.3 Å². The predicted octanol–water partition coefficient (Wildman–Crippen LogP) is 2.47. The van der Waals surface area contributed by atoms with Crippen molar-refractivity contribution in [2.24, 2.45) is 14.1 Å². The second-order valence-corrected chi connectivity index (χ2v) is 4.61. The lowest BCUT2D eigenvalue weighted by Gasteiger charge is -2.05. The van der Waals surface area contributed by atoms with Crippen LogP contribution in [0.25, 0.3) is 22.2 Å². The molecule has 0 aliphatic rings. The van der Waals surface area contributed by atoms with Crippen molar-refractivity contribution >= 4 is 16.6 Å². The average molecular weight is 240 g/mol. The van der Waals surface area contributed by atoms with Gasteiger partial charge in [-0.05, 0) is 13.0 Å². The summed E-state index contributed by atoms with van der Waals surface area (Å²) >= 11 is 0. The van der Waals surface area contributed by atoms with Crippen LogP contribution in [0.5, 0.6) is 0 Å². The van der Waals surface area contributed by atoms with Gasteiger partial charge in [0.25, 0.3) is 0 Å². The molecule has 4 nitrogen and oxygen atoms in total. The summed E-state index contributed by atoms with van der Waals surface area (Å²) < 4.78 is 4.03. The topological polar surface area (TPSA) is 48.8 Å². The molecule has 3 aromatic rings. The highest BCUT2D eigenvalue weighted by molar-refractivity contribution is 5.99. The zero-order valence-electron chi connectivity index (χ0n) is 10.8. The SMILES string of the molecule is Cc1c(-c2c(N)cnn2C)c2ccccc2n1C. The Morgan fingerprint density at radius 3 is 2.56 bits per heavy atom. The number of aromatic nitrogens is 3. The van der Waals surface area contributed by atoms with Crippen LogP contribution >= 0.6 is 0 Å². The highest BCUT2D eigenvalue weighted by atomic mass is 15.3. The number of nitrogen functional groups attached to an aromatic ring is 1. The van der Waals surface area contributed by atoms with Crippen LogP contribution in [0, 0.1) is 6.92 Å². The first-order valence-electron chi connectivity index (χ1n) is 5.93. The molecule has 2 N–H and O–H groups in total. The van der Waals surface area contributed by atoms with Crippen molar-refractivity contribution in [3.8, 4) is 11.3 Å². The molecular weight excluding hydrogens is 224 g/mol. The van der Waals surface area contributed by atoms with E-state index in [0.717, 1.165) is 11.4 Å². The van der Waals surface area contributed by atoms with E-state index in [0.29, 0.717) is 0 Å². The van der Waals surface area contributed by atoms with E-state index in [1.54, 1.807) is 6.20 Å². The van der Waals surface area contributed by atoms with Gasteiger partial charge in [0.1, 0.15) is 0 Å². The highest BCUT2D eigenvalue weighted by Crippen LogP contribution is 2.36. The molecule has 18 heavy (non-hydrogen) atoms. The minimum atomic E-state index is 0.719. The molecule has 0 spiro atoms. The van der Waals surface area contributed by atoms with Crippen LogP contribution < -0.4 is 5.73 Å². The van der Waals surface area contributed by atoms with Gasteiger partial charge in [-0.25, -0.2) is 0 Å². The van der Waals surface area contributed by atoms with Crippen molar-refractivity contribution < 1.29 is 0 Å². The van der Waals surface area contributed by atoms with E-state index in [1.807, 2.05) is 11.7 Å². The Labute approximate surface area is 106 Å². The summed E-state index contributed by atoms with van der Waals surface area (Å²) in [6.07, 6.45) is 1.70. The van der Waals surface area contributed by atoms with Crippen molar-refractivity contribution in [1.82, 2.24) is 14.3 Å². The van der Waals surface area contributed by atoms with Gasteiger partial charge in [0.2, 0.25) is 0 Å². The molecule has 0 saturated carbocycles. The van der Waals surface area contributed by atoms with E-state index in [-0.39, 0.29) is 0 Å². The smallest absolute Gasteiger partial charge is 0.0932 e. The Kier molecular flexibility index (Phi) is 2.20. The normalized spacial score (nSPS) is 11.3. The predicted molar refractivity (Wildman–Crippen MR) is 74.3 cm³/mol. The van der Waals surface area contributed by atoms with Gasteiger partial charge in [-0.2, -0.15) is 5.10 Å². The fourth-order valence-corrected chi connectivity index (χ4v) is 2.58. The largest absolute Gasteiger partial charge is 0.396 e. The van der Waals surface area contributed by atoms with Gasteiger partial charge in [-0.15, -0.1) is 0 Å². The maximum Gasteiger partial charge on any atom is 0.0932 e. The lowest BCUT2D eigenvalue weighted by molar-refractivity contribution is 0.775. The molecule has 0 saturated heterocycles. The average Bonchev–Trinajstić information content (AvgIpc) is 2.81. The van der Waals surface area contributed by atoms with Crippen LogP contribution in [-0.4, -0.2) is 14.3 Å². The minimum Gasteiger partial charge on any atom is -0.396 e. The number of hydrogen-bond acceptors (Lipinski definition) is 2. The first-order chi connectivity index (χ1) is 8.61. The fourth-order valence-electron chi connectivity index (χ4n) is 2.58. The minimum absolute atomic E-state index is 0.719. The number of hydrogen-bond donors (Lipinski definition) is 1. The van der Waals surface area contributed by atoms with Crippen LogP contribution in [0.4, 0.5) is 5.69 Å². The number of nitrogens with zero attached hydrogens (tertiary/aromatic N) is 3. The molecule has 0 radical (unpaired) electrons. The monoisotopic (exact) mass is 240 g/mol. The molecule has 3 rings (SSSR count). The van der Waals surface area contributed by atoms with E-state index in [9.17, 15) is 0 Å². The zero-order valence-corrected chi connectivity index (χ0v) is 10.8. The molecule has 4 heteroatoms. The van der Waals surface area contributed by atoms with Crippen LogP contribution in [-0.2, 0) is 14.1 Å². The summed E-state index contributed by atoms with van der Waals surface area (Å²) in [5.74, 6) is 0. The first kappa shape index (κ1) is 10.9. The molecular formula is C14H16N4. The lowest BCUT2D eigenvalue weighted by atomic mass is 10.1. The Bertz CT molecular complexity index is 714. The van der Waals surface area contributed by atoms with Crippen molar-refractivity contribution in [3.63, 3.8) is 0 Å². The zero-order chi connectivity index (χ0) is 12.9. The molecule has 0 atom stereocenters. The van der Waals surface area contributed by atoms with Crippen molar-refractivity contribution in [3.05, 3.63) is 36.2 Å². The quantitative estimate of drug-likeness (QED) is 0.710. The van der Waals surface area contributed by atoms with E-state index in [2.05, 4.69) is 47.9 Å². The van der Waals surface area contributed by atoms with E-state index < -0.39 is 0 Å². The first-order valence-corrected chi connectivity index (χ1v) is 5.93. The van der Waals surface area contributed by atoms with Crippen LogP contribution in [0.3, 0.4) is 0 Å². The second kappa shape index (κ2) is 3.63. The summed E-state index contributed by atoms with van der Waals surface area (Å²) in [4.78, 5) is 0. The molecule has 0 amide bonds. The Balaban J connectivity index is 2.47. The van der Waals surface area contributed by atoms with Crippen molar-refractivity contribution in [1.29, 1.82) is 0 Å². The molecule has 0 aliphatic heterocycles. The fraction of sp³-hybridized carbons (Fsp3) is 0.214. The van der Waals surface area contributed by atoms with Gasteiger partial charge in [-0.3, -0.25) is 4.68 Å². The number of anilines is 1. The van der Waals surface area contributed by atoms with E-state index in [4.69, 9.17) is 5.73 Å². The van der Waals surface area contributed by atoms with Crippen LogP contribution in [0.2, 0.25) is 0 Å². The Morgan fingerprint density at radius 1 is 1.17 bits per heavy atom. The van der Waals surface area contributed by atoms with Gasteiger partial charge in [-0.1, -0.05) is 18.2 Å². The maximum atomic E-state index is 6.05. The van der Waals surface area contributed by atoms with Crippen LogP contribution in [0.15, 0.2) is 30.5 Å². The lowest BCUT2D eigenvalue weighted by Crippen LogP contribution is -1.98. The summed E-state index contributed by atoms with van der Waals surface area (Å²) in [5.41, 5.74) is 11.3. The molecule has 2 heterocycles. The Hall–Kier alpha value is -2.23. The summed E-state index contributed by atoms with van der Waals surface area (Å²) in [6.45, 7) is 2.11. The van der Waals surface area contributed by atoms with Gasteiger partial charge >= 0.3 is 0 Å². The number of aryl methyl sites for hydroxylation is 2. The second-order valence-electron chi connectivity index (χ2n) is 4.61. The molecule has 92 valence electrons. The number of rotatable bonds is 1. The molecule has 0 fully saturated rings. The molecule has 1 aromatic carbocycles. The number of benzene rings is 1. The molecule has 0 unspecified atom stereocenters. The summed E-state index contributed by atoms with van der Waals surface area (Å²) in [5, 5.41) is 5.45. The van der Waals surface area contributed by atoms with E-state index in [1.165, 1.54) is 22.2 Å². The van der Waals surface area contributed by atoms with Gasteiger partial charge in [0.05, 0.1) is 17.6 Å². The standard InChI is InChI=1S/C14H16N4/c1-9-13(14-11(15)8-16-18(14)3)10-6-4-5-7-12(10)17(9)2/h4-8H,15H2,1-3H3. The summed E-state index contributed by atoms with van der Waals surface area (Å²) in [6, 6.07) is 8.36. The van der Waals surface area contributed by atoms with Gasteiger partial charge in [0, 0.05) is 36.3 Å². The molecule has 0 bridgehead atoms. The number of nitrogens with two attached hydrogens (primary N) is 1. The van der Waals surface area contributed by atoms with E-state index >= 15 is 0 Å². The number of fused-ring (bicyclic) bond motifs is 1. The number of para-hydroxylation sites is 1. The highest BCUT2D eigenvalue weighted by Gasteiger charge is 2.18. The Morgan fingerprint density at radius 2 is 1.89 bits per heavy atom. The third kappa shape index (κ3) is 1.29. The summed E-state index contributed by atoms with van der Waals surface area (Å²) in [7, 11) is 4.00. The van der Waals surface area contributed by atoms with Crippen molar-refractivity contribution in [2.75, 3.05) is 5.73 Å². The van der Waals surface area contributed by atoms with Gasteiger partial charge in [0.15, 0.2) is 0 Å². The third-order valence-electron chi connectivity index (χ3n) is 3.60. The third-order valence-corrected chi connectivity index (χ3v) is 3.60. The molecule has 2 aromatic heterocycles. The molecule has 0 aliphatic carbocycles. The van der Waals surface area contributed by atoms with Crippen LogP contribution in [0.1, 0.15) is 5.69 Å². The maximum absolute atomic E-state index is 6.05.